The van der Waals surface area contributed by atoms with Crippen LogP contribution in [0.2, 0.25) is 5.04 Å². The zero-order chi connectivity index (χ0) is 10.9. The lowest BCUT2D eigenvalue weighted by molar-refractivity contribution is -0.179. The van der Waals surface area contributed by atoms with E-state index in [1.807, 2.05) is 20.8 Å². The maximum Gasteiger partial charge on any atom is 0.470 e. The second kappa shape index (κ2) is 3.69. The molecule has 78 valence electrons. The van der Waals surface area contributed by atoms with E-state index in [1.54, 1.807) is 0 Å². The summed E-state index contributed by atoms with van der Waals surface area (Å²) in [4.78, 5) is 10.7. The van der Waals surface area contributed by atoms with Crippen molar-refractivity contribution in [3.8, 4) is 0 Å². The fourth-order valence-electron chi connectivity index (χ4n) is 1.000. The third-order valence-corrected chi connectivity index (χ3v) is 3.01. The molecule has 2 nitrogen and oxygen atoms in total. The molecule has 0 saturated heterocycles. The molecular formula is C7H14F3NOSi. The fraction of sp³-hybridized carbons (Fsp3) is 0.857. The van der Waals surface area contributed by atoms with Gasteiger partial charge in [0.1, 0.15) is 9.68 Å². The predicted octanol–water partition coefficient (Wildman–Crippen LogP) is 1.31. The van der Waals surface area contributed by atoms with Crippen molar-refractivity contribution < 1.29 is 18.0 Å². The molecule has 0 aromatic heterocycles. The third kappa shape index (κ3) is 4.92. The van der Waals surface area contributed by atoms with Crippen LogP contribution in [0.15, 0.2) is 0 Å². The summed E-state index contributed by atoms with van der Waals surface area (Å²) in [6.45, 7) is 5.50. The Morgan fingerprint density at radius 3 is 1.85 bits per heavy atom. The summed E-state index contributed by atoms with van der Waals surface area (Å²) in [5.41, 5.74) is 0. The van der Waals surface area contributed by atoms with Gasteiger partial charge in [-0.25, -0.2) is 0 Å². The number of nitrogens with zero attached hydrogens (tertiary/aromatic N) is 1. The van der Waals surface area contributed by atoms with Gasteiger partial charge in [0.2, 0.25) is 0 Å². The molecule has 0 atom stereocenters. The van der Waals surface area contributed by atoms with Crippen molar-refractivity contribution in [2.24, 2.45) is 0 Å². The van der Waals surface area contributed by atoms with E-state index < -0.39 is 21.8 Å². The van der Waals surface area contributed by atoms with Gasteiger partial charge in [0, 0.05) is 7.05 Å². The predicted molar refractivity (Wildman–Crippen MR) is 47.1 cm³/mol. The summed E-state index contributed by atoms with van der Waals surface area (Å²) in [5, 5.41) is -0.185. The molecule has 13 heavy (non-hydrogen) atoms. The zero-order valence-electron chi connectivity index (χ0n) is 8.20. The minimum atomic E-state index is -4.73. The first-order chi connectivity index (χ1) is 5.54. The largest absolute Gasteiger partial charge is 0.470 e. The number of hydrogen-bond donors (Lipinski definition) is 0. The van der Waals surface area contributed by atoms with Gasteiger partial charge < -0.3 is 4.57 Å². The highest BCUT2D eigenvalue weighted by Crippen LogP contribution is 2.24. The van der Waals surface area contributed by atoms with Crippen LogP contribution in [-0.2, 0) is 4.79 Å². The normalized spacial score (nSPS) is 13.8. The Bertz CT molecular complexity index is 197. The summed E-state index contributed by atoms with van der Waals surface area (Å²) >= 11 is 0. The Kier molecular flexibility index (Phi) is 3.54. The average Bonchev–Trinajstić information content (AvgIpc) is 1.79. The number of carbonyl (C=O) groups is 1. The van der Waals surface area contributed by atoms with Crippen molar-refractivity contribution in [3.05, 3.63) is 0 Å². The molecule has 0 aromatic carbocycles. The second-order valence-corrected chi connectivity index (χ2v) is 7.61. The molecule has 0 radical (unpaired) electrons. The molecule has 0 aliphatic heterocycles. The summed E-state index contributed by atoms with van der Waals surface area (Å²) in [6, 6.07) is 0. The van der Waals surface area contributed by atoms with Crippen LogP contribution in [0.1, 0.15) is 20.8 Å². The van der Waals surface area contributed by atoms with E-state index in [1.165, 1.54) is 7.05 Å². The van der Waals surface area contributed by atoms with Crippen LogP contribution in [0.5, 0.6) is 0 Å². The molecule has 0 N–H and O–H groups in total. The Hall–Kier alpha value is -0.523. The van der Waals surface area contributed by atoms with E-state index >= 15 is 0 Å². The molecule has 0 bridgehead atoms. The Balaban J connectivity index is 4.30. The fourth-order valence-corrected chi connectivity index (χ4v) is 2.75. The van der Waals surface area contributed by atoms with Crippen molar-refractivity contribution in [1.29, 1.82) is 0 Å². The molecule has 0 aliphatic rings. The molecule has 0 spiro atoms. The van der Waals surface area contributed by atoms with Gasteiger partial charge in [0.25, 0.3) is 0 Å². The van der Waals surface area contributed by atoms with E-state index in [2.05, 4.69) is 0 Å². The Labute approximate surface area is 78.0 Å². The van der Waals surface area contributed by atoms with Crippen molar-refractivity contribution in [2.45, 2.75) is 32.0 Å². The minimum absolute atomic E-state index is 0.185. The van der Waals surface area contributed by atoms with Crippen molar-refractivity contribution >= 4 is 15.6 Å². The summed E-state index contributed by atoms with van der Waals surface area (Å²) < 4.78 is 36.6. The number of hydrogen-bond acceptors (Lipinski definition) is 1. The van der Waals surface area contributed by atoms with E-state index in [0.717, 1.165) is 4.57 Å². The molecule has 0 unspecified atom stereocenters. The molecule has 0 aliphatic carbocycles. The van der Waals surface area contributed by atoms with Gasteiger partial charge in [0.05, 0.1) is 0 Å². The van der Waals surface area contributed by atoms with Gasteiger partial charge in [-0.2, -0.15) is 13.2 Å². The monoisotopic (exact) mass is 213 g/mol. The molecular weight excluding hydrogens is 199 g/mol. The lowest BCUT2D eigenvalue weighted by Crippen LogP contribution is -2.43. The van der Waals surface area contributed by atoms with Gasteiger partial charge >= 0.3 is 12.1 Å². The quantitative estimate of drug-likeness (QED) is 0.601. The summed E-state index contributed by atoms with van der Waals surface area (Å²) in [5.74, 6) is -1.73. The molecule has 0 fully saturated rings. The molecule has 0 heterocycles. The first-order valence-corrected chi connectivity index (χ1v) is 5.20. The summed E-state index contributed by atoms with van der Waals surface area (Å²) in [6.07, 6.45) is -4.73. The van der Waals surface area contributed by atoms with Gasteiger partial charge in [-0.1, -0.05) is 20.8 Å². The second-order valence-electron chi connectivity index (χ2n) is 4.22. The van der Waals surface area contributed by atoms with Crippen LogP contribution < -0.4 is 0 Å². The number of rotatable bonds is 1. The SMILES string of the molecule is CN([SiH2]C(C)(C)C)C(=O)C(F)(F)F. The lowest BCUT2D eigenvalue weighted by atomic mass is 10.3. The van der Waals surface area contributed by atoms with E-state index in [4.69, 9.17) is 0 Å². The number of alkyl halides is 3. The Morgan fingerprint density at radius 1 is 1.23 bits per heavy atom. The standard InChI is InChI=1S/C7H14F3NOSi/c1-6(2,3)13-11(4)5(12)7(8,9)10/h13H2,1-4H3. The lowest BCUT2D eigenvalue weighted by Gasteiger charge is -2.26. The van der Waals surface area contributed by atoms with Crippen molar-refractivity contribution in [2.75, 3.05) is 7.05 Å². The topological polar surface area (TPSA) is 20.3 Å². The van der Waals surface area contributed by atoms with Crippen LogP contribution in [0.4, 0.5) is 13.2 Å². The van der Waals surface area contributed by atoms with Gasteiger partial charge in [-0.15, -0.1) is 0 Å². The average molecular weight is 213 g/mol. The highest BCUT2D eigenvalue weighted by atomic mass is 28.2. The van der Waals surface area contributed by atoms with Crippen LogP contribution in [0.25, 0.3) is 0 Å². The maximum atomic E-state index is 11.9. The van der Waals surface area contributed by atoms with E-state index in [9.17, 15) is 18.0 Å². The van der Waals surface area contributed by atoms with Crippen LogP contribution in [0.3, 0.4) is 0 Å². The number of carbonyl (C=O) groups excluding carboxylic acids is 1. The molecule has 6 heteroatoms. The van der Waals surface area contributed by atoms with E-state index in [-0.39, 0.29) is 5.04 Å². The van der Waals surface area contributed by atoms with Crippen molar-refractivity contribution in [3.63, 3.8) is 0 Å². The minimum Gasteiger partial charge on any atom is -0.370 e. The molecule has 0 aromatic rings. The number of amides is 1. The van der Waals surface area contributed by atoms with Crippen LogP contribution in [0, 0.1) is 0 Å². The molecule has 1 amide bonds. The first kappa shape index (κ1) is 12.5. The zero-order valence-corrected chi connectivity index (χ0v) is 9.61. The van der Waals surface area contributed by atoms with Crippen molar-refractivity contribution in [1.82, 2.24) is 4.57 Å². The maximum absolute atomic E-state index is 11.9. The highest BCUT2D eigenvalue weighted by molar-refractivity contribution is 6.40. The van der Waals surface area contributed by atoms with Crippen LogP contribution in [-0.4, -0.2) is 33.4 Å². The summed E-state index contributed by atoms with van der Waals surface area (Å²) in [7, 11) is 0.0261. The van der Waals surface area contributed by atoms with Gasteiger partial charge in [-0.05, 0) is 5.04 Å². The highest BCUT2D eigenvalue weighted by Gasteiger charge is 2.41. The smallest absolute Gasteiger partial charge is 0.370 e. The van der Waals surface area contributed by atoms with Gasteiger partial charge in [-0.3, -0.25) is 4.79 Å². The molecule has 0 rings (SSSR count). The van der Waals surface area contributed by atoms with Crippen LogP contribution >= 0.6 is 0 Å². The Morgan fingerprint density at radius 2 is 1.62 bits per heavy atom. The number of halogens is 3. The third-order valence-electron chi connectivity index (χ3n) is 1.30. The molecule has 0 saturated carbocycles. The van der Waals surface area contributed by atoms with E-state index in [0.29, 0.717) is 0 Å². The first-order valence-electron chi connectivity index (χ1n) is 3.86. The van der Waals surface area contributed by atoms with Gasteiger partial charge in [0.15, 0.2) is 0 Å².